The van der Waals surface area contributed by atoms with E-state index in [1.165, 1.54) is 6.92 Å². The zero-order valence-electron chi connectivity index (χ0n) is 18.2. The van der Waals surface area contributed by atoms with Crippen molar-refractivity contribution in [2.45, 2.75) is 26.4 Å². The van der Waals surface area contributed by atoms with Crippen LogP contribution in [0, 0.1) is 0 Å². The molecule has 1 amide bonds. The number of aromatic nitrogens is 1. The van der Waals surface area contributed by atoms with Gasteiger partial charge in [0.25, 0.3) is 5.91 Å². The van der Waals surface area contributed by atoms with Crippen molar-refractivity contribution in [1.29, 1.82) is 0 Å². The minimum atomic E-state index is -1.28. The topological polar surface area (TPSA) is 92.4 Å². The Hall–Kier alpha value is -2.71. The van der Waals surface area contributed by atoms with Gasteiger partial charge in [-0.3, -0.25) is 9.59 Å². The Morgan fingerprint density at radius 2 is 1.82 bits per heavy atom. The number of aliphatic hydroxyl groups excluding tert-OH is 1. The molecule has 34 heavy (non-hydrogen) atoms. The van der Waals surface area contributed by atoms with E-state index in [0.29, 0.717) is 32.3 Å². The molecule has 0 aliphatic heterocycles. The number of Topliss-reactive ketones (excluding diaryl/α,β-unsaturated/α-hetero) is 1. The SMILES string of the molecule is CCC(=O)c1oc2nc(-c3ccc(Br)cc3Cl)c(-c3ccc(Cl)cc3)cc2c1NC(=O)[C@H](C)O. The number of carbonyl (C=O) groups excluding carboxylic acids is 2. The van der Waals surface area contributed by atoms with Crippen molar-refractivity contribution in [2.75, 3.05) is 5.32 Å². The van der Waals surface area contributed by atoms with Crippen LogP contribution in [-0.4, -0.2) is 27.9 Å². The first kappa shape index (κ1) is 24.4. The Labute approximate surface area is 214 Å². The third kappa shape index (κ3) is 4.74. The van der Waals surface area contributed by atoms with Crippen molar-refractivity contribution in [3.8, 4) is 22.4 Å². The largest absolute Gasteiger partial charge is 0.432 e. The quantitative estimate of drug-likeness (QED) is 0.244. The second-order valence-electron chi connectivity index (χ2n) is 7.62. The predicted octanol–water partition coefficient (Wildman–Crippen LogP) is 7.14. The van der Waals surface area contributed by atoms with Crippen LogP contribution in [0.2, 0.25) is 10.0 Å². The molecule has 2 heterocycles. The molecule has 0 spiro atoms. The Bertz CT molecular complexity index is 1410. The lowest BCUT2D eigenvalue weighted by Gasteiger charge is -2.12. The normalized spacial score (nSPS) is 12.1. The molecule has 4 aromatic rings. The highest BCUT2D eigenvalue weighted by molar-refractivity contribution is 9.10. The fourth-order valence-electron chi connectivity index (χ4n) is 3.47. The molecule has 2 aromatic heterocycles. The third-order valence-corrected chi connectivity index (χ3v) is 6.28. The van der Waals surface area contributed by atoms with Crippen LogP contribution in [0.5, 0.6) is 0 Å². The maximum absolute atomic E-state index is 12.6. The number of amides is 1. The van der Waals surface area contributed by atoms with Gasteiger partial charge in [0.1, 0.15) is 11.8 Å². The lowest BCUT2D eigenvalue weighted by molar-refractivity contribution is -0.123. The molecule has 4 rings (SSSR count). The Morgan fingerprint density at radius 3 is 2.44 bits per heavy atom. The van der Waals surface area contributed by atoms with Crippen molar-refractivity contribution >= 4 is 67.6 Å². The molecule has 174 valence electrons. The zero-order valence-corrected chi connectivity index (χ0v) is 21.3. The molecule has 6 nitrogen and oxygen atoms in total. The highest BCUT2D eigenvalue weighted by Crippen LogP contribution is 2.41. The number of pyridine rings is 1. The summed E-state index contributed by atoms with van der Waals surface area (Å²) in [5.41, 5.74) is 3.01. The molecule has 0 saturated heterocycles. The van der Waals surface area contributed by atoms with Gasteiger partial charge in [-0.1, -0.05) is 64.3 Å². The van der Waals surface area contributed by atoms with E-state index in [4.69, 9.17) is 32.6 Å². The molecular formula is C25H19BrCl2N2O4. The standard InChI is InChI=1S/C25H19BrCl2N2O4/c1-3-20(32)23-22(29-24(33)12(2)31)18-11-17(13-4-7-15(27)8-5-13)21(30-25(18)34-23)16-9-6-14(26)10-19(16)28/h4-12,31H,3H2,1-2H3,(H,29,33)/t12-/m0/s1. The summed E-state index contributed by atoms with van der Waals surface area (Å²) in [6.45, 7) is 3.03. The summed E-state index contributed by atoms with van der Waals surface area (Å²) in [6, 6.07) is 14.4. The smallest absolute Gasteiger partial charge is 0.253 e. The number of aliphatic hydroxyl groups is 1. The van der Waals surface area contributed by atoms with Gasteiger partial charge < -0.3 is 14.8 Å². The molecule has 0 fully saturated rings. The number of halogens is 3. The van der Waals surface area contributed by atoms with E-state index in [1.54, 1.807) is 31.2 Å². The molecule has 0 aliphatic carbocycles. The number of hydrogen-bond donors (Lipinski definition) is 2. The molecule has 0 saturated carbocycles. The van der Waals surface area contributed by atoms with E-state index in [2.05, 4.69) is 21.2 Å². The van der Waals surface area contributed by atoms with Gasteiger partial charge in [-0.05, 0) is 42.8 Å². The van der Waals surface area contributed by atoms with Crippen LogP contribution in [0.15, 0.2) is 57.4 Å². The summed E-state index contributed by atoms with van der Waals surface area (Å²) >= 11 is 16.1. The van der Waals surface area contributed by atoms with Gasteiger partial charge >= 0.3 is 0 Å². The number of hydrogen-bond acceptors (Lipinski definition) is 5. The number of nitrogens with one attached hydrogen (secondary N) is 1. The van der Waals surface area contributed by atoms with E-state index >= 15 is 0 Å². The average molecular weight is 562 g/mol. The van der Waals surface area contributed by atoms with Crippen molar-refractivity contribution in [1.82, 2.24) is 4.98 Å². The molecule has 0 unspecified atom stereocenters. The van der Waals surface area contributed by atoms with Crippen LogP contribution in [-0.2, 0) is 4.79 Å². The highest BCUT2D eigenvalue weighted by atomic mass is 79.9. The van der Waals surface area contributed by atoms with Gasteiger partial charge in [0.15, 0.2) is 11.5 Å². The van der Waals surface area contributed by atoms with Gasteiger partial charge in [-0.25, -0.2) is 4.98 Å². The number of carbonyl (C=O) groups is 2. The Morgan fingerprint density at radius 1 is 1.12 bits per heavy atom. The first-order valence-electron chi connectivity index (χ1n) is 10.4. The van der Waals surface area contributed by atoms with Gasteiger partial charge in [0.2, 0.25) is 5.71 Å². The third-order valence-electron chi connectivity index (χ3n) is 5.23. The van der Waals surface area contributed by atoms with Crippen molar-refractivity contribution in [3.63, 3.8) is 0 Å². The minimum Gasteiger partial charge on any atom is -0.432 e. The van der Waals surface area contributed by atoms with E-state index in [9.17, 15) is 14.7 Å². The fraction of sp³-hybridized carbons (Fsp3) is 0.160. The van der Waals surface area contributed by atoms with Crippen LogP contribution in [0.1, 0.15) is 30.8 Å². The number of ketones is 1. The zero-order chi connectivity index (χ0) is 24.6. The number of furan rings is 1. The summed E-state index contributed by atoms with van der Waals surface area (Å²) in [7, 11) is 0. The Kier molecular flexibility index (Phi) is 7.09. The van der Waals surface area contributed by atoms with Crippen molar-refractivity contribution < 1.29 is 19.1 Å². The number of fused-ring (bicyclic) bond motifs is 1. The lowest BCUT2D eigenvalue weighted by Crippen LogP contribution is -2.25. The van der Waals surface area contributed by atoms with E-state index in [0.717, 1.165) is 10.0 Å². The van der Waals surface area contributed by atoms with Crippen LogP contribution >= 0.6 is 39.1 Å². The van der Waals surface area contributed by atoms with E-state index < -0.39 is 12.0 Å². The number of nitrogens with zero attached hydrogens (tertiary/aromatic N) is 1. The molecule has 2 N–H and O–H groups in total. The lowest BCUT2D eigenvalue weighted by atomic mass is 9.98. The number of rotatable bonds is 6. The molecule has 0 radical (unpaired) electrons. The van der Waals surface area contributed by atoms with Gasteiger partial charge in [-0.2, -0.15) is 0 Å². The maximum Gasteiger partial charge on any atom is 0.253 e. The van der Waals surface area contributed by atoms with Crippen LogP contribution in [0.4, 0.5) is 5.69 Å². The minimum absolute atomic E-state index is 0.0277. The second-order valence-corrected chi connectivity index (χ2v) is 9.38. The summed E-state index contributed by atoms with van der Waals surface area (Å²) in [5, 5.41) is 13.8. The molecule has 2 aromatic carbocycles. The fourth-order valence-corrected chi connectivity index (χ4v) is 4.36. The van der Waals surface area contributed by atoms with Crippen LogP contribution < -0.4 is 5.32 Å². The van der Waals surface area contributed by atoms with E-state index in [-0.39, 0.29) is 29.4 Å². The highest BCUT2D eigenvalue weighted by Gasteiger charge is 2.26. The van der Waals surface area contributed by atoms with Gasteiger partial charge in [0.05, 0.1) is 16.1 Å². The second kappa shape index (κ2) is 9.88. The first-order valence-corrected chi connectivity index (χ1v) is 12.0. The number of benzene rings is 2. The van der Waals surface area contributed by atoms with Crippen LogP contribution in [0.3, 0.4) is 0 Å². The summed E-state index contributed by atoms with van der Waals surface area (Å²) in [6.07, 6.45) is -1.12. The number of anilines is 1. The first-order chi connectivity index (χ1) is 16.2. The van der Waals surface area contributed by atoms with Crippen molar-refractivity contribution in [3.05, 3.63) is 68.8 Å². The summed E-state index contributed by atoms with van der Waals surface area (Å²) in [5.74, 6) is -1.00. The predicted molar refractivity (Wildman–Crippen MR) is 138 cm³/mol. The molecular weight excluding hydrogens is 543 g/mol. The summed E-state index contributed by atoms with van der Waals surface area (Å²) in [4.78, 5) is 29.6. The van der Waals surface area contributed by atoms with Crippen molar-refractivity contribution in [2.24, 2.45) is 0 Å². The Balaban J connectivity index is 2.04. The molecule has 0 aliphatic rings. The maximum atomic E-state index is 12.6. The molecule has 1 atom stereocenters. The molecule has 0 bridgehead atoms. The van der Waals surface area contributed by atoms with E-state index in [1.807, 2.05) is 24.3 Å². The van der Waals surface area contributed by atoms with Gasteiger partial charge in [-0.15, -0.1) is 0 Å². The monoisotopic (exact) mass is 560 g/mol. The van der Waals surface area contributed by atoms with Gasteiger partial charge in [0, 0.05) is 27.0 Å². The summed E-state index contributed by atoms with van der Waals surface area (Å²) < 4.78 is 6.65. The van der Waals surface area contributed by atoms with Crippen LogP contribution in [0.25, 0.3) is 33.5 Å². The molecule has 9 heteroatoms. The average Bonchev–Trinajstić information content (AvgIpc) is 3.15.